The third-order valence-corrected chi connectivity index (χ3v) is 5.36. The first-order valence-corrected chi connectivity index (χ1v) is 9.22. The summed E-state index contributed by atoms with van der Waals surface area (Å²) in [4.78, 5) is 30.6. The number of H-pyrrole nitrogens is 2. The Hall–Kier alpha value is -3.65. The van der Waals surface area contributed by atoms with Crippen molar-refractivity contribution >= 4 is 10.9 Å². The van der Waals surface area contributed by atoms with Crippen molar-refractivity contribution in [3.05, 3.63) is 92.0 Å². The Balaban J connectivity index is 1.77. The van der Waals surface area contributed by atoms with Gasteiger partial charge in [-0.2, -0.15) is 0 Å². The molecule has 0 aliphatic carbocycles. The highest BCUT2D eigenvalue weighted by molar-refractivity contribution is 5.85. The fourth-order valence-corrected chi connectivity index (χ4v) is 4.08. The van der Waals surface area contributed by atoms with Gasteiger partial charge in [0.25, 0.3) is 5.56 Å². The molecule has 0 fully saturated rings. The van der Waals surface area contributed by atoms with Gasteiger partial charge in [-0.1, -0.05) is 30.3 Å². The normalized spacial score (nSPS) is 16.1. The number of aromatic nitrogens is 3. The zero-order valence-electron chi connectivity index (χ0n) is 15.2. The number of benzene rings is 2. The van der Waals surface area contributed by atoms with Crippen molar-refractivity contribution < 1.29 is 9.50 Å². The Morgan fingerprint density at radius 2 is 1.79 bits per heavy atom. The molecule has 146 valence electrons. The number of nitrogens with one attached hydrogen (secondary N) is 3. The molecule has 3 heterocycles. The zero-order valence-corrected chi connectivity index (χ0v) is 15.2. The third-order valence-electron chi connectivity index (χ3n) is 5.36. The highest BCUT2D eigenvalue weighted by atomic mass is 19.1. The maximum absolute atomic E-state index is 14.3. The van der Waals surface area contributed by atoms with Crippen molar-refractivity contribution in [2.75, 3.05) is 6.54 Å². The van der Waals surface area contributed by atoms with E-state index in [1.807, 2.05) is 24.3 Å². The molecular weight excluding hydrogens is 375 g/mol. The van der Waals surface area contributed by atoms with Gasteiger partial charge in [-0.3, -0.25) is 9.78 Å². The SMILES string of the molecule is O=c1[nH]c(=O)n(-c2ccccc2F)c(O)c1C1NCCc2c1[nH]c1ccccc21. The van der Waals surface area contributed by atoms with E-state index < -0.39 is 29.0 Å². The molecule has 0 saturated heterocycles. The van der Waals surface area contributed by atoms with E-state index in [4.69, 9.17) is 0 Å². The topological polar surface area (TPSA) is 103 Å². The van der Waals surface area contributed by atoms with E-state index in [2.05, 4.69) is 15.3 Å². The molecule has 1 atom stereocenters. The molecule has 5 rings (SSSR count). The summed E-state index contributed by atoms with van der Waals surface area (Å²) in [5, 5.41) is 15.2. The van der Waals surface area contributed by atoms with Crippen LogP contribution in [0.25, 0.3) is 16.6 Å². The third kappa shape index (κ3) is 2.60. The predicted molar refractivity (Wildman–Crippen MR) is 106 cm³/mol. The van der Waals surface area contributed by atoms with Gasteiger partial charge in [0.05, 0.1) is 11.7 Å². The van der Waals surface area contributed by atoms with Crippen LogP contribution in [-0.4, -0.2) is 26.2 Å². The number of para-hydroxylation sites is 2. The molecule has 1 aliphatic rings. The number of rotatable bonds is 2. The maximum atomic E-state index is 14.3. The molecule has 2 aromatic carbocycles. The Kier molecular flexibility index (Phi) is 3.88. The summed E-state index contributed by atoms with van der Waals surface area (Å²) < 4.78 is 15.1. The summed E-state index contributed by atoms with van der Waals surface area (Å²) in [6.45, 7) is 0.581. The molecule has 2 aromatic heterocycles. The van der Waals surface area contributed by atoms with Crippen LogP contribution in [0, 0.1) is 5.82 Å². The number of aromatic hydroxyl groups is 1. The van der Waals surface area contributed by atoms with Crippen molar-refractivity contribution in [3.63, 3.8) is 0 Å². The van der Waals surface area contributed by atoms with E-state index in [1.165, 1.54) is 18.2 Å². The molecule has 0 radical (unpaired) electrons. The smallest absolute Gasteiger partial charge is 0.335 e. The minimum atomic E-state index is -0.908. The van der Waals surface area contributed by atoms with Crippen LogP contribution < -0.4 is 16.6 Å². The molecule has 29 heavy (non-hydrogen) atoms. The molecule has 0 bridgehead atoms. The van der Waals surface area contributed by atoms with Crippen molar-refractivity contribution in [1.82, 2.24) is 19.9 Å². The second kappa shape index (κ2) is 6.46. The van der Waals surface area contributed by atoms with E-state index >= 15 is 0 Å². The van der Waals surface area contributed by atoms with Crippen molar-refractivity contribution in [2.24, 2.45) is 0 Å². The lowest BCUT2D eigenvalue weighted by Gasteiger charge is -2.25. The lowest BCUT2D eigenvalue weighted by atomic mass is 9.95. The fourth-order valence-electron chi connectivity index (χ4n) is 4.08. The van der Waals surface area contributed by atoms with E-state index in [9.17, 15) is 19.1 Å². The minimum absolute atomic E-state index is 0.0413. The molecule has 1 unspecified atom stereocenters. The first kappa shape index (κ1) is 17.4. The molecule has 0 spiro atoms. The summed E-state index contributed by atoms with van der Waals surface area (Å²) in [5.41, 5.74) is 0.909. The van der Waals surface area contributed by atoms with Gasteiger partial charge < -0.3 is 15.4 Å². The molecule has 0 saturated carbocycles. The number of hydrogen-bond donors (Lipinski definition) is 4. The average Bonchev–Trinajstić information content (AvgIpc) is 3.09. The largest absolute Gasteiger partial charge is 0.494 e. The minimum Gasteiger partial charge on any atom is -0.494 e. The number of halogens is 1. The van der Waals surface area contributed by atoms with Gasteiger partial charge in [0.15, 0.2) is 0 Å². The lowest BCUT2D eigenvalue weighted by molar-refractivity contribution is 0.407. The first-order chi connectivity index (χ1) is 14.1. The van der Waals surface area contributed by atoms with Crippen LogP contribution in [0.4, 0.5) is 4.39 Å². The zero-order chi connectivity index (χ0) is 20.1. The van der Waals surface area contributed by atoms with Crippen LogP contribution in [-0.2, 0) is 6.42 Å². The maximum Gasteiger partial charge on any atom is 0.335 e. The Morgan fingerprint density at radius 1 is 1.03 bits per heavy atom. The lowest BCUT2D eigenvalue weighted by Crippen LogP contribution is -2.38. The number of hydrogen-bond acceptors (Lipinski definition) is 4. The van der Waals surface area contributed by atoms with Crippen molar-refractivity contribution in [2.45, 2.75) is 12.5 Å². The second-order valence-electron chi connectivity index (χ2n) is 6.98. The fraction of sp³-hybridized carbons (Fsp3) is 0.143. The van der Waals surface area contributed by atoms with Gasteiger partial charge in [-0.05, 0) is 30.2 Å². The van der Waals surface area contributed by atoms with Gasteiger partial charge in [-0.25, -0.2) is 13.8 Å². The van der Waals surface area contributed by atoms with Crippen molar-refractivity contribution in [3.8, 4) is 11.6 Å². The Bertz CT molecular complexity index is 1370. The number of nitrogens with zero attached hydrogens (tertiary/aromatic N) is 1. The van der Waals surface area contributed by atoms with Gasteiger partial charge >= 0.3 is 5.69 Å². The molecule has 0 amide bonds. The average molecular weight is 392 g/mol. The van der Waals surface area contributed by atoms with Crippen LogP contribution in [0.1, 0.15) is 22.9 Å². The van der Waals surface area contributed by atoms with Gasteiger partial charge in [0, 0.05) is 23.1 Å². The van der Waals surface area contributed by atoms with Crippen LogP contribution in [0.3, 0.4) is 0 Å². The molecule has 1 aliphatic heterocycles. The van der Waals surface area contributed by atoms with Crippen molar-refractivity contribution in [1.29, 1.82) is 0 Å². The Labute approximate surface area is 163 Å². The van der Waals surface area contributed by atoms with Crippen LogP contribution >= 0.6 is 0 Å². The summed E-state index contributed by atoms with van der Waals surface area (Å²) in [6.07, 6.45) is 0.751. The second-order valence-corrected chi connectivity index (χ2v) is 6.98. The van der Waals surface area contributed by atoms with Gasteiger partial charge in [0.1, 0.15) is 11.4 Å². The van der Waals surface area contributed by atoms with Gasteiger partial charge in [-0.15, -0.1) is 0 Å². The van der Waals surface area contributed by atoms with E-state index in [-0.39, 0.29) is 11.3 Å². The van der Waals surface area contributed by atoms with Crippen LogP contribution in [0.5, 0.6) is 5.88 Å². The monoisotopic (exact) mass is 392 g/mol. The van der Waals surface area contributed by atoms with Gasteiger partial charge in [0.2, 0.25) is 5.88 Å². The molecule has 4 aromatic rings. The summed E-state index contributed by atoms with van der Waals surface area (Å²) in [5.74, 6) is -1.28. The standard InChI is InChI=1S/C21H17FN4O3/c22-13-6-2-4-8-15(13)26-20(28)16(19(27)25-21(26)29)18-17-12(9-10-23-18)11-5-1-3-7-14(11)24-17/h1-8,18,23-24,28H,9-10H2,(H,25,27,29). The highest BCUT2D eigenvalue weighted by Gasteiger charge is 2.31. The predicted octanol–water partition coefficient (Wildman–Crippen LogP) is 2.09. The first-order valence-electron chi connectivity index (χ1n) is 9.22. The highest BCUT2D eigenvalue weighted by Crippen LogP contribution is 2.35. The van der Waals surface area contributed by atoms with Crippen LogP contribution in [0.2, 0.25) is 0 Å². The van der Waals surface area contributed by atoms with E-state index in [0.29, 0.717) is 6.54 Å². The summed E-state index contributed by atoms with van der Waals surface area (Å²) in [7, 11) is 0. The molecular formula is C21H17FN4O3. The quantitative estimate of drug-likeness (QED) is 0.419. The molecule has 7 nitrogen and oxygen atoms in total. The Morgan fingerprint density at radius 3 is 2.62 bits per heavy atom. The van der Waals surface area contributed by atoms with Crippen LogP contribution in [0.15, 0.2) is 58.1 Å². The molecule has 4 N–H and O–H groups in total. The number of aromatic amines is 2. The summed E-state index contributed by atoms with van der Waals surface area (Å²) >= 11 is 0. The van der Waals surface area contributed by atoms with E-state index in [0.717, 1.165) is 33.1 Å². The summed E-state index contributed by atoms with van der Waals surface area (Å²) in [6, 6.07) is 12.7. The molecule has 8 heteroatoms. The van der Waals surface area contributed by atoms with E-state index in [1.54, 1.807) is 6.07 Å². The number of fused-ring (bicyclic) bond motifs is 3.